The summed E-state index contributed by atoms with van der Waals surface area (Å²) in [5.74, 6) is 0.376. The topological polar surface area (TPSA) is 102 Å². The molecule has 188 valence electrons. The molecule has 2 aromatic carbocycles. The third kappa shape index (κ3) is 3.70. The number of rotatable bonds is 4. The number of imide groups is 1. The fourth-order valence-corrected chi connectivity index (χ4v) is 5.29. The van der Waals surface area contributed by atoms with Gasteiger partial charge in [0.15, 0.2) is 5.78 Å². The number of ketones is 1. The van der Waals surface area contributed by atoms with Gasteiger partial charge in [0.25, 0.3) is 17.7 Å². The van der Waals surface area contributed by atoms with Crippen LogP contribution in [0.5, 0.6) is 17.2 Å². The molecule has 0 aliphatic carbocycles. The Morgan fingerprint density at radius 2 is 1.67 bits per heavy atom. The predicted molar refractivity (Wildman–Crippen MR) is 129 cm³/mol. The Balaban J connectivity index is 1.33. The van der Waals surface area contributed by atoms with Gasteiger partial charge in [0.2, 0.25) is 0 Å². The molecular formula is C27H28N2O7. The van der Waals surface area contributed by atoms with E-state index in [0.717, 1.165) is 0 Å². The van der Waals surface area contributed by atoms with Gasteiger partial charge in [-0.2, -0.15) is 0 Å². The highest BCUT2D eigenvalue weighted by Crippen LogP contribution is 2.45. The van der Waals surface area contributed by atoms with Crippen molar-refractivity contribution in [1.29, 1.82) is 0 Å². The molecule has 3 amide bonds. The maximum atomic E-state index is 13.3. The van der Waals surface area contributed by atoms with Gasteiger partial charge < -0.3 is 19.1 Å². The summed E-state index contributed by atoms with van der Waals surface area (Å²) in [4.78, 5) is 54.5. The van der Waals surface area contributed by atoms with Crippen LogP contribution >= 0.6 is 0 Å². The van der Waals surface area contributed by atoms with Gasteiger partial charge in [-0.15, -0.1) is 0 Å². The Morgan fingerprint density at radius 1 is 0.972 bits per heavy atom. The van der Waals surface area contributed by atoms with Gasteiger partial charge in [-0.25, -0.2) is 0 Å². The van der Waals surface area contributed by atoms with Gasteiger partial charge in [0, 0.05) is 49.7 Å². The summed E-state index contributed by atoms with van der Waals surface area (Å²) < 4.78 is 17.1. The quantitative estimate of drug-likeness (QED) is 0.603. The molecule has 3 aliphatic heterocycles. The molecule has 0 unspecified atom stereocenters. The standard InChI is InChI=1S/C27H28N2O7/c1-15(2)29-25(32)18-6-5-16(11-19(18)26(29)33)24(31)28-9-7-27(8-10-28)14-20(30)23-21(35-4)12-17(34-3)13-22(23)36-27/h5-6,11-13,15H,7-10,14H2,1-4H3. The van der Waals surface area contributed by atoms with Crippen LogP contribution in [0.15, 0.2) is 30.3 Å². The minimum absolute atomic E-state index is 0.0629. The number of carbonyl (C=O) groups is 4. The summed E-state index contributed by atoms with van der Waals surface area (Å²) in [5, 5.41) is 0. The monoisotopic (exact) mass is 492 g/mol. The molecule has 0 saturated carbocycles. The number of carbonyl (C=O) groups excluding carboxylic acids is 4. The lowest BCUT2D eigenvalue weighted by Crippen LogP contribution is -2.52. The third-order valence-electron chi connectivity index (χ3n) is 7.23. The highest BCUT2D eigenvalue weighted by Gasteiger charge is 2.45. The van der Waals surface area contributed by atoms with Crippen LogP contribution < -0.4 is 14.2 Å². The molecule has 0 bridgehead atoms. The number of hydrogen-bond acceptors (Lipinski definition) is 7. The first-order valence-electron chi connectivity index (χ1n) is 12.0. The van der Waals surface area contributed by atoms with E-state index in [0.29, 0.717) is 59.9 Å². The fraction of sp³-hybridized carbons (Fsp3) is 0.407. The van der Waals surface area contributed by atoms with E-state index in [-0.39, 0.29) is 41.5 Å². The normalized spacial score (nSPS) is 18.3. The number of likely N-dealkylation sites (tertiary alicyclic amines) is 1. The molecule has 0 atom stereocenters. The molecule has 1 spiro atoms. The summed E-state index contributed by atoms with van der Waals surface area (Å²) in [6.07, 6.45) is 1.16. The molecule has 3 aliphatic rings. The molecule has 9 nitrogen and oxygen atoms in total. The molecule has 0 aromatic heterocycles. The van der Waals surface area contributed by atoms with Crippen molar-refractivity contribution in [3.05, 3.63) is 52.6 Å². The summed E-state index contributed by atoms with van der Waals surface area (Å²) in [6.45, 7) is 4.34. The summed E-state index contributed by atoms with van der Waals surface area (Å²) in [6, 6.07) is 7.75. The number of benzene rings is 2. The zero-order valence-corrected chi connectivity index (χ0v) is 20.8. The lowest BCUT2D eigenvalue weighted by molar-refractivity contribution is -0.00612. The van der Waals surface area contributed by atoms with Crippen LogP contribution in [0.2, 0.25) is 0 Å². The van der Waals surface area contributed by atoms with Crippen molar-refractivity contribution in [2.45, 2.75) is 44.8 Å². The number of ether oxygens (including phenoxy) is 3. The van der Waals surface area contributed by atoms with Gasteiger partial charge in [-0.3, -0.25) is 24.1 Å². The van der Waals surface area contributed by atoms with Gasteiger partial charge >= 0.3 is 0 Å². The number of hydrogen-bond donors (Lipinski definition) is 0. The lowest BCUT2D eigenvalue weighted by atomic mass is 9.82. The van der Waals surface area contributed by atoms with Crippen molar-refractivity contribution in [2.75, 3.05) is 27.3 Å². The molecule has 36 heavy (non-hydrogen) atoms. The number of nitrogens with zero attached hydrogens (tertiary/aromatic N) is 2. The van der Waals surface area contributed by atoms with E-state index in [2.05, 4.69) is 0 Å². The van der Waals surface area contributed by atoms with Crippen LogP contribution in [0.1, 0.15) is 74.5 Å². The van der Waals surface area contributed by atoms with Crippen molar-refractivity contribution in [3.8, 4) is 17.2 Å². The van der Waals surface area contributed by atoms with E-state index < -0.39 is 5.60 Å². The molecule has 2 aromatic rings. The van der Waals surface area contributed by atoms with Crippen molar-refractivity contribution < 1.29 is 33.4 Å². The van der Waals surface area contributed by atoms with Crippen molar-refractivity contribution in [1.82, 2.24) is 9.80 Å². The first-order chi connectivity index (χ1) is 17.2. The molecule has 5 rings (SSSR count). The largest absolute Gasteiger partial charge is 0.496 e. The number of piperidine rings is 1. The van der Waals surface area contributed by atoms with Crippen molar-refractivity contribution >= 4 is 23.5 Å². The minimum Gasteiger partial charge on any atom is -0.496 e. The van der Waals surface area contributed by atoms with Gasteiger partial charge in [-0.1, -0.05) is 0 Å². The number of methoxy groups -OCH3 is 2. The number of Topliss-reactive ketones (excluding diaryl/α,β-unsaturated/α-hetero) is 1. The van der Waals surface area contributed by atoms with Crippen molar-refractivity contribution in [3.63, 3.8) is 0 Å². The first-order valence-corrected chi connectivity index (χ1v) is 12.0. The molecule has 1 fully saturated rings. The van der Waals surface area contributed by atoms with Crippen LogP contribution in [0.3, 0.4) is 0 Å². The Hall–Kier alpha value is -3.88. The Labute approximate surface area is 208 Å². The van der Waals surface area contributed by atoms with Crippen LogP contribution in [0.4, 0.5) is 0 Å². The zero-order valence-electron chi connectivity index (χ0n) is 20.8. The second-order valence-corrected chi connectivity index (χ2v) is 9.71. The molecule has 9 heteroatoms. The Kier molecular flexibility index (Phi) is 5.73. The fourth-order valence-electron chi connectivity index (χ4n) is 5.29. The van der Waals surface area contributed by atoms with Crippen LogP contribution in [0.25, 0.3) is 0 Å². The smallest absolute Gasteiger partial charge is 0.261 e. The number of fused-ring (bicyclic) bond motifs is 2. The average molecular weight is 493 g/mol. The SMILES string of the molecule is COc1cc(OC)c2c(c1)OC1(CCN(C(=O)c3ccc4c(c3)C(=O)N(C(C)C)C4=O)CC1)CC2=O. The molecular weight excluding hydrogens is 464 g/mol. The third-order valence-corrected chi connectivity index (χ3v) is 7.23. The second kappa shape index (κ2) is 8.65. The van der Waals surface area contributed by atoms with E-state index in [1.54, 1.807) is 43.0 Å². The van der Waals surface area contributed by atoms with E-state index in [4.69, 9.17) is 14.2 Å². The first kappa shape index (κ1) is 23.8. The van der Waals surface area contributed by atoms with Crippen molar-refractivity contribution in [2.24, 2.45) is 0 Å². The van der Waals surface area contributed by atoms with Gasteiger partial charge in [0.1, 0.15) is 28.4 Å². The van der Waals surface area contributed by atoms with E-state index in [1.165, 1.54) is 25.2 Å². The average Bonchev–Trinajstić information content (AvgIpc) is 3.12. The Bertz CT molecular complexity index is 1290. The molecule has 0 N–H and O–H groups in total. The minimum atomic E-state index is -0.712. The van der Waals surface area contributed by atoms with Gasteiger partial charge in [0.05, 0.1) is 31.8 Å². The van der Waals surface area contributed by atoms with E-state index in [9.17, 15) is 19.2 Å². The predicted octanol–water partition coefficient (Wildman–Crippen LogP) is 3.35. The number of amides is 3. The van der Waals surface area contributed by atoms with Crippen LogP contribution in [-0.2, 0) is 0 Å². The van der Waals surface area contributed by atoms with Crippen LogP contribution in [-0.4, -0.2) is 72.3 Å². The summed E-state index contributed by atoms with van der Waals surface area (Å²) >= 11 is 0. The lowest BCUT2D eigenvalue weighted by Gasteiger charge is -2.44. The highest BCUT2D eigenvalue weighted by atomic mass is 16.5. The van der Waals surface area contributed by atoms with Crippen LogP contribution in [0, 0.1) is 0 Å². The Morgan fingerprint density at radius 3 is 2.31 bits per heavy atom. The van der Waals surface area contributed by atoms with E-state index >= 15 is 0 Å². The van der Waals surface area contributed by atoms with E-state index in [1.807, 2.05) is 0 Å². The second-order valence-electron chi connectivity index (χ2n) is 9.71. The summed E-state index contributed by atoms with van der Waals surface area (Å²) in [5.41, 5.74) is 0.637. The maximum Gasteiger partial charge on any atom is 0.261 e. The molecule has 3 heterocycles. The summed E-state index contributed by atoms with van der Waals surface area (Å²) in [7, 11) is 3.04. The molecule has 1 saturated heterocycles. The highest BCUT2D eigenvalue weighted by molar-refractivity contribution is 6.22. The zero-order chi connectivity index (χ0) is 25.8. The van der Waals surface area contributed by atoms with Gasteiger partial charge in [-0.05, 0) is 32.0 Å². The maximum absolute atomic E-state index is 13.3. The molecule has 0 radical (unpaired) electrons.